The molecule has 150 valence electrons. The molecule has 0 saturated carbocycles. The fourth-order valence-electron chi connectivity index (χ4n) is 2.55. The molecule has 1 aromatic carbocycles. The maximum Gasteiger partial charge on any atom is 0.310 e. The van der Waals surface area contributed by atoms with Crippen molar-refractivity contribution < 1.29 is 23.8 Å². The molecule has 0 aliphatic heterocycles. The number of hydrogen-bond donors (Lipinski definition) is 0. The highest BCUT2D eigenvalue weighted by molar-refractivity contribution is 5.92. The summed E-state index contributed by atoms with van der Waals surface area (Å²) in [5.41, 5.74) is 0.745. The van der Waals surface area contributed by atoms with Crippen LogP contribution in [-0.2, 0) is 14.3 Å². The molecule has 0 bridgehead atoms. The van der Waals surface area contributed by atoms with Gasteiger partial charge in [-0.2, -0.15) is 0 Å². The Morgan fingerprint density at radius 1 is 1.11 bits per heavy atom. The highest BCUT2D eigenvalue weighted by Crippen LogP contribution is 2.25. The molecule has 1 amide bonds. The van der Waals surface area contributed by atoms with Crippen molar-refractivity contribution in [1.82, 2.24) is 4.90 Å². The lowest BCUT2D eigenvalue weighted by atomic mass is 10.1. The van der Waals surface area contributed by atoms with Crippen LogP contribution >= 0.6 is 0 Å². The first kappa shape index (κ1) is 22.5. The van der Waals surface area contributed by atoms with Gasteiger partial charge in [0.05, 0.1) is 27.2 Å². The normalized spacial score (nSPS) is 12.1. The molecule has 0 saturated heterocycles. The summed E-state index contributed by atoms with van der Waals surface area (Å²) in [5.74, 6) is 0.921. The molecule has 1 aromatic rings. The number of methoxy groups -OCH3 is 3. The van der Waals surface area contributed by atoms with Gasteiger partial charge < -0.3 is 19.1 Å². The van der Waals surface area contributed by atoms with Gasteiger partial charge >= 0.3 is 5.97 Å². The minimum absolute atomic E-state index is 0.156. The molecule has 1 atom stereocenters. The van der Waals surface area contributed by atoms with E-state index in [4.69, 9.17) is 14.2 Å². The summed E-state index contributed by atoms with van der Waals surface area (Å²) in [6.45, 7) is 6.86. The topological polar surface area (TPSA) is 65.1 Å². The van der Waals surface area contributed by atoms with Gasteiger partial charge in [-0.1, -0.05) is 20.8 Å². The monoisotopic (exact) mass is 377 g/mol. The number of nitrogens with zero attached hydrogens (tertiary/aromatic N) is 1. The molecule has 0 aliphatic carbocycles. The molecular formula is C21H31NO5. The molecule has 0 radical (unpaired) electrons. The van der Waals surface area contributed by atoms with Crippen LogP contribution in [0.1, 0.15) is 32.8 Å². The van der Waals surface area contributed by atoms with E-state index < -0.39 is 0 Å². The number of benzene rings is 1. The lowest BCUT2D eigenvalue weighted by Crippen LogP contribution is -2.37. The van der Waals surface area contributed by atoms with Crippen LogP contribution in [0.2, 0.25) is 0 Å². The minimum atomic E-state index is -0.383. The standard InChI is InChI=1S/C21H31NO5/c1-15(2)11-12-22(14-16(3)21(24)27-6)20(23)10-7-17-13-18(25-4)8-9-19(17)26-5/h7-10,13,15-16H,11-12,14H2,1-6H3/b10-7+. The fourth-order valence-corrected chi connectivity index (χ4v) is 2.55. The first-order chi connectivity index (χ1) is 12.8. The Bertz CT molecular complexity index is 654. The highest BCUT2D eigenvalue weighted by atomic mass is 16.5. The number of hydrogen-bond acceptors (Lipinski definition) is 5. The van der Waals surface area contributed by atoms with Crippen LogP contribution in [0.15, 0.2) is 24.3 Å². The molecule has 0 N–H and O–H groups in total. The van der Waals surface area contributed by atoms with E-state index in [-0.39, 0.29) is 17.8 Å². The summed E-state index contributed by atoms with van der Waals surface area (Å²) in [4.78, 5) is 26.2. The molecule has 1 rings (SSSR count). The van der Waals surface area contributed by atoms with E-state index in [0.717, 1.165) is 12.0 Å². The maximum atomic E-state index is 12.7. The zero-order chi connectivity index (χ0) is 20.4. The van der Waals surface area contributed by atoms with Gasteiger partial charge in [0.1, 0.15) is 11.5 Å². The van der Waals surface area contributed by atoms with Crippen molar-refractivity contribution in [1.29, 1.82) is 0 Å². The van der Waals surface area contributed by atoms with Gasteiger partial charge in [-0.3, -0.25) is 9.59 Å². The van der Waals surface area contributed by atoms with Gasteiger partial charge in [0, 0.05) is 24.7 Å². The van der Waals surface area contributed by atoms with Crippen LogP contribution in [0.4, 0.5) is 0 Å². The van der Waals surface area contributed by atoms with Crippen LogP contribution in [-0.4, -0.2) is 51.2 Å². The second-order valence-corrected chi connectivity index (χ2v) is 6.83. The molecule has 27 heavy (non-hydrogen) atoms. The van der Waals surface area contributed by atoms with Crippen molar-refractivity contribution in [2.75, 3.05) is 34.4 Å². The lowest BCUT2D eigenvalue weighted by Gasteiger charge is -2.24. The van der Waals surface area contributed by atoms with E-state index in [1.54, 1.807) is 50.3 Å². The third kappa shape index (κ3) is 7.33. The van der Waals surface area contributed by atoms with E-state index in [1.165, 1.54) is 13.2 Å². The Morgan fingerprint density at radius 2 is 1.81 bits per heavy atom. The summed E-state index contributed by atoms with van der Waals surface area (Å²) < 4.78 is 15.3. The quantitative estimate of drug-likeness (QED) is 0.462. The zero-order valence-electron chi connectivity index (χ0n) is 17.2. The molecule has 0 heterocycles. The molecular weight excluding hydrogens is 346 g/mol. The van der Waals surface area contributed by atoms with E-state index >= 15 is 0 Å². The van der Waals surface area contributed by atoms with E-state index in [1.807, 2.05) is 0 Å². The van der Waals surface area contributed by atoms with Crippen molar-refractivity contribution in [3.8, 4) is 11.5 Å². The summed E-state index contributed by atoms with van der Waals surface area (Å²) >= 11 is 0. The summed E-state index contributed by atoms with van der Waals surface area (Å²) in [5, 5.41) is 0. The van der Waals surface area contributed by atoms with Crippen molar-refractivity contribution in [3.05, 3.63) is 29.8 Å². The summed E-state index contributed by atoms with van der Waals surface area (Å²) in [6.07, 6.45) is 4.06. The van der Waals surface area contributed by atoms with E-state index in [0.29, 0.717) is 30.5 Å². The fraction of sp³-hybridized carbons (Fsp3) is 0.524. The van der Waals surface area contributed by atoms with Gasteiger partial charge in [-0.25, -0.2) is 0 Å². The molecule has 6 nitrogen and oxygen atoms in total. The Balaban J connectivity index is 2.97. The van der Waals surface area contributed by atoms with Crippen molar-refractivity contribution >= 4 is 18.0 Å². The highest BCUT2D eigenvalue weighted by Gasteiger charge is 2.20. The average molecular weight is 377 g/mol. The van der Waals surface area contributed by atoms with Crippen molar-refractivity contribution in [2.24, 2.45) is 11.8 Å². The van der Waals surface area contributed by atoms with Crippen LogP contribution in [0.3, 0.4) is 0 Å². The number of esters is 1. The van der Waals surface area contributed by atoms with Crippen molar-refractivity contribution in [2.45, 2.75) is 27.2 Å². The maximum absolute atomic E-state index is 12.7. The largest absolute Gasteiger partial charge is 0.497 e. The van der Waals surface area contributed by atoms with Gasteiger partial charge in [0.2, 0.25) is 5.91 Å². The second-order valence-electron chi connectivity index (χ2n) is 6.83. The van der Waals surface area contributed by atoms with E-state index in [2.05, 4.69) is 13.8 Å². The lowest BCUT2D eigenvalue weighted by molar-refractivity contribution is -0.146. The van der Waals surface area contributed by atoms with Crippen LogP contribution in [0.5, 0.6) is 11.5 Å². The predicted molar refractivity (Wildman–Crippen MR) is 106 cm³/mol. The van der Waals surface area contributed by atoms with Crippen LogP contribution < -0.4 is 9.47 Å². The number of carbonyl (C=O) groups excluding carboxylic acids is 2. The summed E-state index contributed by atoms with van der Waals surface area (Å²) in [7, 11) is 4.52. The molecule has 0 aromatic heterocycles. The number of amides is 1. The van der Waals surface area contributed by atoms with Gasteiger partial charge in [-0.15, -0.1) is 0 Å². The SMILES string of the molecule is COC(=O)C(C)CN(CCC(C)C)C(=O)/C=C/c1cc(OC)ccc1OC. The van der Waals surface area contributed by atoms with E-state index in [9.17, 15) is 9.59 Å². The van der Waals surface area contributed by atoms with Crippen LogP contribution in [0.25, 0.3) is 6.08 Å². The number of ether oxygens (including phenoxy) is 3. The Kier molecular flexibility index (Phi) is 9.40. The van der Waals surface area contributed by atoms with Gasteiger partial charge in [0.15, 0.2) is 0 Å². The Labute approximate surface area is 162 Å². The molecule has 6 heteroatoms. The smallest absolute Gasteiger partial charge is 0.310 e. The Morgan fingerprint density at radius 3 is 2.37 bits per heavy atom. The van der Waals surface area contributed by atoms with Gasteiger partial charge in [-0.05, 0) is 36.6 Å². The number of carbonyl (C=O) groups is 2. The third-order valence-electron chi connectivity index (χ3n) is 4.23. The van der Waals surface area contributed by atoms with Crippen LogP contribution in [0, 0.1) is 11.8 Å². The average Bonchev–Trinajstić information content (AvgIpc) is 2.67. The molecule has 0 fully saturated rings. The number of rotatable bonds is 10. The molecule has 1 unspecified atom stereocenters. The van der Waals surface area contributed by atoms with Crippen molar-refractivity contribution in [3.63, 3.8) is 0 Å². The minimum Gasteiger partial charge on any atom is -0.497 e. The molecule has 0 spiro atoms. The third-order valence-corrected chi connectivity index (χ3v) is 4.23. The predicted octanol–water partition coefficient (Wildman–Crippen LogP) is 3.40. The zero-order valence-corrected chi connectivity index (χ0v) is 17.2. The second kappa shape index (κ2) is 11.3. The first-order valence-electron chi connectivity index (χ1n) is 9.09. The molecule has 0 aliphatic rings. The van der Waals surface area contributed by atoms with Gasteiger partial charge in [0.25, 0.3) is 0 Å². The Hall–Kier alpha value is -2.50. The first-order valence-corrected chi connectivity index (χ1v) is 9.09. The summed E-state index contributed by atoms with van der Waals surface area (Å²) in [6, 6.07) is 5.39.